The first kappa shape index (κ1) is 23.9. The van der Waals surface area contributed by atoms with Crippen LogP contribution in [-0.2, 0) is 19.7 Å². The number of hydrogen-bond acceptors (Lipinski definition) is 10. The van der Waals surface area contributed by atoms with Crippen LogP contribution >= 0.6 is 0 Å². The fraction of sp³-hybridized carbons (Fsp3) is 0.400. The molecule has 188 valence electrons. The summed E-state index contributed by atoms with van der Waals surface area (Å²) in [6.07, 6.45) is -1.74. The van der Waals surface area contributed by atoms with Crippen LogP contribution in [0, 0.1) is 23.7 Å². The fourth-order valence-electron chi connectivity index (χ4n) is 4.95. The van der Waals surface area contributed by atoms with Crippen LogP contribution < -0.4 is 5.73 Å². The first-order valence-corrected chi connectivity index (χ1v) is 11.9. The van der Waals surface area contributed by atoms with Crippen molar-refractivity contribution < 1.29 is 31.2 Å². The number of nitrogen functional groups attached to an aromatic ring is 1. The van der Waals surface area contributed by atoms with Crippen LogP contribution in [0.25, 0.3) is 16.9 Å². The number of halogens is 3. The van der Waals surface area contributed by atoms with E-state index in [1.807, 2.05) is 0 Å². The number of hydrogen-bond donors (Lipinski definition) is 1. The van der Waals surface area contributed by atoms with E-state index in [4.69, 9.17) is 5.73 Å². The van der Waals surface area contributed by atoms with Gasteiger partial charge in [-0.1, -0.05) is 0 Å². The Balaban J connectivity index is 1.60. The number of alkyl halides is 3. The van der Waals surface area contributed by atoms with E-state index in [-0.39, 0.29) is 47.2 Å². The number of aryl methyl sites for hydroxylation is 1. The first-order valence-electron chi connectivity index (χ1n) is 10.5. The van der Waals surface area contributed by atoms with Gasteiger partial charge in [0.1, 0.15) is 11.2 Å². The Morgan fingerprint density at radius 1 is 1.25 bits per heavy atom. The SMILES string of the molecule is Cc1ncc(S(=O)(=O)N(OC(=O)C(F)(F)F)C23CCC(C#N)(C2)C3)cc1-c1cnc2c(N)ncnn12. The molecule has 3 heterocycles. The second kappa shape index (κ2) is 7.58. The Kier molecular flexibility index (Phi) is 5.03. The number of rotatable bonds is 5. The predicted molar refractivity (Wildman–Crippen MR) is 114 cm³/mol. The molecule has 3 aliphatic carbocycles. The van der Waals surface area contributed by atoms with Crippen molar-refractivity contribution in [1.82, 2.24) is 29.0 Å². The van der Waals surface area contributed by atoms with E-state index >= 15 is 0 Å². The second-order valence-corrected chi connectivity index (χ2v) is 10.7. The largest absolute Gasteiger partial charge is 0.492 e. The third-order valence-corrected chi connectivity index (χ3v) is 8.33. The van der Waals surface area contributed by atoms with Gasteiger partial charge >= 0.3 is 12.1 Å². The van der Waals surface area contributed by atoms with Crippen molar-refractivity contribution in [3.63, 3.8) is 0 Å². The minimum atomic E-state index is -5.44. The molecule has 0 amide bonds. The maximum absolute atomic E-state index is 13.6. The zero-order chi connectivity index (χ0) is 26.1. The minimum Gasteiger partial charge on any atom is -0.381 e. The maximum atomic E-state index is 13.6. The molecule has 3 aliphatic rings. The lowest BCUT2D eigenvalue weighted by Gasteiger charge is -2.47. The van der Waals surface area contributed by atoms with Gasteiger partial charge in [-0.25, -0.2) is 27.7 Å². The highest BCUT2D eigenvalue weighted by molar-refractivity contribution is 7.89. The molecule has 3 fully saturated rings. The van der Waals surface area contributed by atoms with Crippen molar-refractivity contribution >= 4 is 27.5 Å². The van der Waals surface area contributed by atoms with Crippen LogP contribution in [0.1, 0.15) is 31.4 Å². The van der Waals surface area contributed by atoms with Crippen LogP contribution in [0.2, 0.25) is 0 Å². The predicted octanol–water partition coefficient (Wildman–Crippen LogP) is 1.92. The normalized spacial score (nSPS) is 23.4. The molecule has 0 unspecified atom stereocenters. The Morgan fingerprint density at radius 2 is 1.97 bits per heavy atom. The average Bonchev–Trinajstić information content (AvgIpc) is 3.49. The van der Waals surface area contributed by atoms with Crippen molar-refractivity contribution in [3.8, 4) is 17.3 Å². The summed E-state index contributed by atoms with van der Waals surface area (Å²) in [7, 11) is -4.86. The minimum absolute atomic E-state index is 0.0561. The molecule has 16 heteroatoms. The Hall–Kier alpha value is -3.84. The first-order chi connectivity index (χ1) is 16.8. The number of carbonyl (C=O) groups excluding carboxylic acids is 1. The molecule has 12 nitrogen and oxygen atoms in total. The Morgan fingerprint density at radius 3 is 2.61 bits per heavy atom. The van der Waals surface area contributed by atoms with E-state index < -0.39 is 38.0 Å². The highest BCUT2D eigenvalue weighted by atomic mass is 32.2. The van der Waals surface area contributed by atoms with Crippen LogP contribution in [-0.4, -0.2) is 55.1 Å². The molecule has 3 aromatic rings. The number of nitrogens with zero attached hydrogens (tertiary/aromatic N) is 7. The van der Waals surface area contributed by atoms with E-state index in [2.05, 4.69) is 31.0 Å². The Bertz CT molecular complexity index is 1560. The van der Waals surface area contributed by atoms with Gasteiger partial charge in [0.15, 0.2) is 11.5 Å². The van der Waals surface area contributed by atoms with E-state index in [0.717, 1.165) is 6.20 Å². The van der Waals surface area contributed by atoms with Gasteiger partial charge in [-0.3, -0.25) is 4.98 Å². The number of sulfonamides is 1. The zero-order valence-corrected chi connectivity index (χ0v) is 19.3. The molecule has 0 aromatic carbocycles. The highest BCUT2D eigenvalue weighted by Gasteiger charge is 2.68. The summed E-state index contributed by atoms with van der Waals surface area (Å²) in [4.78, 5) is 27.8. The molecular weight excluding hydrogens is 505 g/mol. The molecule has 0 radical (unpaired) electrons. The van der Waals surface area contributed by atoms with E-state index in [9.17, 15) is 31.6 Å². The van der Waals surface area contributed by atoms with Gasteiger partial charge in [-0.2, -0.15) is 23.5 Å². The second-order valence-electron chi connectivity index (χ2n) is 8.91. The number of aromatic nitrogens is 5. The molecule has 3 saturated carbocycles. The molecule has 6 rings (SSSR count). The smallest absolute Gasteiger partial charge is 0.381 e. The summed E-state index contributed by atoms with van der Waals surface area (Å²) in [5.74, 6) is -2.61. The van der Waals surface area contributed by atoms with Gasteiger partial charge in [-0.05, 0) is 43.1 Å². The standard InChI is InChI=1S/C20H17F3N8O4S/c1-11-13(14-6-27-16-15(25)28-10-29-30(14)16)4-12(5-26-11)36(33,34)31(35-17(32)20(21,22)23)19-3-2-18(7-19,8-19)9-24/h4-6,10H,2-3,7-8H2,1H3,(H2,25,28,29). The van der Waals surface area contributed by atoms with Crippen molar-refractivity contribution in [2.75, 3.05) is 5.73 Å². The average molecular weight is 522 g/mol. The third kappa shape index (κ3) is 3.45. The number of pyridine rings is 1. The fourth-order valence-corrected chi connectivity index (χ4v) is 6.49. The number of hydroxylamine groups is 1. The number of imidazole rings is 1. The third-order valence-electron chi connectivity index (χ3n) is 6.61. The summed E-state index contributed by atoms with van der Waals surface area (Å²) < 4.78 is 67.9. The lowest BCUT2D eigenvalue weighted by molar-refractivity contribution is -0.241. The highest BCUT2D eigenvalue weighted by Crippen LogP contribution is 2.64. The molecule has 0 atom stereocenters. The molecular formula is C20H17F3N8O4S. The Labute approximate surface area is 201 Å². The number of carbonyl (C=O) groups is 1. The number of nitrogens with two attached hydrogens (primary N) is 1. The summed E-state index contributed by atoms with van der Waals surface area (Å²) in [6, 6.07) is 3.27. The molecule has 2 N–H and O–H groups in total. The number of nitriles is 1. The van der Waals surface area contributed by atoms with Gasteiger partial charge in [0.2, 0.25) is 0 Å². The van der Waals surface area contributed by atoms with Gasteiger partial charge < -0.3 is 10.6 Å². The number of fused-ring (bicyclic) bond motifs is 2. The summed E-state index contributed by atoms with van der Waals surface area (Å²) in [5.41, 5.74) is 4.57. The van der Waals surface area contributed by atoms with Gasteiger partial charge in [0.05, 0.1) is 28.9 Å². The van der Waals surface area contributed by atoms with Crippen LogP contribution in [0.15, 0.2) is 29.7 Å². The van der Waals surface area contributed by atoms with Crippen molar-refractivity contribution in [2.45, 2.75) is 49.2 Å². The van der Waals surface area contributed by atoms with Gasteiger partial charge in [-0.15, -0.1) is 0 Å². The van der Waals surface area contributed by atoms with Crippen LogP contribution in [0.3, 0.4) is 0 Å². The monoisotopic (exact) mass is 522 g/mol. The van der Waals surface area contributed by atoms with E-state index in [1.165, 1.54) is 23.1 Å². The summed E-state index contributed by atoms with van der Waals surface area (Å²) >= 11 is 0. The van der Waals surface area contributed by atoms with Gasteiger partial charge in [0, 0.05) is 17.5 Å². The maximum Gasteiger partial charge on any atom is 0.492 e. The lowest BCUT2D eigenvalue weighted by atomic mass is 9.66. The lowest BCUT2D eigenvalue weighted by Crippen LogP contribution is -2.58. The van der Waals surface area contributed by atoms with Crippen LogP contribution in [0.5, 0.6) is 0 Å². The summed E-state index contributed by atoms with van der Waals surface area (Å²) in [6.45, 7) is 1.58. The zero-order valence-electron chi connectivity index (χ0n) is 18.5. The molecule has 2 bridgehead atoms. The van der Waals surface area contributed by atoms with Gasteiger partial charge in [0.25, 0.3) is 10.0 Å². The molecule has 0 saturated heterocycles. The molecule has 0 aliphatic heterocycles. The van der Waals surface area contributed by atoms with Crippen LogP contribution in [0.4, 0.5) is 19.0 Å². The van der Waals surface area contributed by atoms with Crippen molar-refractivity contribution in [3.05, 3.63) is 30.5 Å². The quantitative estimate of drug-likeness (QED) is 0.489. The topological polar surface area (TPSA) is 169 Å². The molecule has 0 spiro atoms. The van der Waals surface area contributed by atoms with E-state index in [1.54, 1.807) is 6.92 Å². The molecule has 36 heavy (non-hydrogen) atoms. The van der Waals surface area contributed by atoms with E-state index in [0.29, 0.717) is 11.4 Å². The van der Waals surface area contributed by atoms with Crippen molar-refractivity contribution in [2.24, 2.45) is 5.41 Å². The molecule has 3 aromatic heterocycles. The number of anilines is 1. The van der Waals surface area contributed by atoms with Crippen molar-refractivity contribution in [1.29, 1.82) is 5.26 Å². The summed E-state index contributed by atoms with van der Waals surface area (Å²) in [5, 5.41) is 13.5.